The highest BCUT2D eigenvalue weighted by Crippen LogP contribution is 2.36. The number of carbonyl (C=O) groups excluding carboxylic acids is 3. The van der Waals surface area contributed by atoms with Gasteiger partial charge in [0.05, 0.1) is 29.4 Å². The van der Waals surface area contributed by atoms with Crippen molar-refractivity contribution in [1.82, 2.24) is 39.3 Å². The molecule has 18 heteroatoms. The molecule has 5 aliphatic rings. The van der Waals surface area contributed by atoms with Crippen LogP contribution in [-0.2, 0) is 27.8 Å². The predicted molar refractivity (Wildman–Crippen MR) is 233 cm³/mol. The van der Waals surface area contributed by atoms with Crippen molar-refractivity contribution in [1.29, 1.82) is 0 Å². The molecule has 16 nitrogen and oxygen atoms in total. The number of anilines is 1. The Morgan fingerprint density at radius 1 is 0.968 bits per heavy atom. The van der Waals surface area contributed by atoms with E-state index in [1.165, 1.54) is 10.7 Å². The monoisotopic (exact) mass is 869 g/mol. The van der Waals surface area contributed by atoms with Crippen molar-refractivity contribution in [2.24, 2.45) is 34.8 Å². The summed E-state index contributed by atoms with van der Waals surface area (Å²) in [5.74, 6) is 0.355. The second-order valence-corrected chi connectivity index (χ2v) is 18.3. The van der Waals surface area contributed by atoms with Crippen molar-refractivity contribution in [2.75, 3.05) is 37.6 Å². The standard InChI is InChI=1S/C45H57F2N11O5/c1-26-23-56(24-27(2)63-26)35-18-21-57-42(49-35)32(22-48-57)43(60)53-41-37(39(46)47)51-40(52-41)31-12-10-29(11-13-31)25-55-19-16-28(17-20-55)6-4-7-30-8-5-9-33-38(30)54(3)45(62)58(33)34-14-15-36(59)50-44(34)61/h5,8-9,18,21-22,26-29,31,34,39-40H,4,6-7,10-17,19-20,23-25H2,1-3H3,(H,50,59,61)(H,52,53,60)/t26-,27-,29?,31?,34?,40+/m1/s1. The number of hydrogen-bond donors (Lipinski definition) is 2. The van der Waals surface area contributed by atoms with Crippen LogP contribution in [0.15, 0.2) is 51.4 Å². The molecule has 7 heterocycles. The van der Waals surface area contributed by atoms with Gasteiger partial charge in [-0.15, -0.1) is 0 Å². The molecule has 63 heavy (non-hydrogen) atoms. The molecule has 3 amide bonds. The zero-order chi connectivity index (χ0) is 43.9. The number of hydrogen-bond acceptors (Lipinski definition) is 11. The Balaban J connectivity index is 0.743. The summed E-state index contributed by atoms with van der Waals surface area (Å²) in [7, 11) is 1.75. The van der Waals surface area contributed by atoms with Gasteiger partial charge in [-0.3, -0.25) is 33.8 Å². The quantitative estimate of drug-likeness (QED) is 0.203. The minimum atomic E-state index is -2.88. The molecular formula is C45H57F2N11O5. The van der Waals surface area contributed by atoms with Gasteiger partial charge in [-0.05, 0) is 114 Å². The molecule has 4 atom stereocenters. The van der Waals surface area contributed by atoms with Crippen molar-refractivity contribution < 1.29 is 27.9 Å². The summed E-state index contributed by atoms with van der Waals surface area (Å²) < 4.78 is 39.2. The van der Waals surface area contributed by atoms with Crippen molar-refractivity contribution in [3.8, 4) is 0 Å². The molecule has 1 saturated carbocycles. The molecule has 0 radical (unpaired) electrons. The Morgan fingerprint density at radius 2 is 1.73 bits per heavy atom. The Hall–Kier alpha value is -5.36. The number of morpholine rings is 1. The van der Waals surface area contributed by atoms with Crippen LogP contribution in [0, 0.1) is 17.8 Å². The fourth-order valence-corrected chi connectivity index (χ4v) is 10.7. The first kappa shape index (κ1) is 42.9. The predicted octanol–water partition coefficient (Wildman–Crippen LogP) is 4.69. The van der Waals surface area contributed by atoms with E-state index in [4.69, 9.17) is 9.72 Å². The fourth-order valence-electron chi connectivity index (χ4n) is 10.7. The summed E-state index contributed by atoms with van der Waals surface area (Å²) in [6, 6.07) is 7.04. The Bertz CT molecular complexity index is 2490. The Kier molecular flexibility index (Phi) is 12.3. The maximum atomic E-state index is 14.3. The van der Waals surface area contributed by atoms with Gasteiger partial charge in [0.2, 0.25) is 11.8 Å². The third-order valence-corrected chi connectivity index (χ3v) is 13.9. The highest BCUT2D eigenvalue weighted by Gasteiger charge is 2.37. The number of aryl methyl sites for hydroxylation is 2. The van der Waals surface area contributed by atoms with Crippen molar-refractivity contribution in [2.45, 2.75) is 115 Å². The summed E-state index contributed by atoms with van der Waals surface area (Å²) in [5.41, 5.74) is 2.44. The van der Waals surface area contributed by atoms with Crippen LogP contribution >= 0.6 is 0 Å². The van der Waals surface area contributed by atoms with Crippen LogP contribution in [0.1, 0.15) is 100 Å². The number of piperidine rings is 2. The molecule has 9 rings (SSSR count). The number of aliphatic imine (C=N–C) groups is 2. The molecule has 0 bridgehead atoms. The lowest BCUT2D eigenvalue weighted by atomic mass is 9.80. The number of nitrogens with one attached hydrogen (secondary N) is 2. The van der Waals surface area contributed by atoms with Gasteiger partial charge >= 0.3 is 5.69 Å². The van der Waals surface area contributed by atoms with Crippen molar-refractivity contribution in [3.63, 3.8) is 0 Å². The van der Waals surface area contributed by atoms with Gasteiger partial charge < -0.3 is 19.9 Å². The molecule has 3 aromatic heterocycles. The van der Waals surface area contributed by atoms with E-state index < -0.39 is 36.2 Å². The number of ether oxygens (including phenoxy) is 1. The second kappa shape index (κ2) is 18.0. The summed E-state index contributed by atoms with van der Waals surface area (Å²) in [5, 5.41) is 9.29. The number of amides is 3. The van der Waals surface area contributed by atoms with Crippen LogP contribution in [0.5, 0.6) is 0 Å². The fraction of sp³-hybridized carbons (Fsp3) is 0.600. The van der Waals surface area contributed by atoms with Gasteiger partial charge in [0.1, 0.15) is 29.3 Å². The number of fused-ring (bicyclic) bond motifs is 2. The van der Waals surface area contributed by atoms with E-state index in [0.717, 1.165) is 94.0 Å². The van der Waals surface area contributed by atoms with E-state index in [0.29, 0.717) is 42.8 Å². The number of imide groups is 1. The van der Waals surface area contributed by atoms with Crippen LogP contribution in [0.4, 0.5) is 14.6 Å². The van der Waals surface area contributed by atoms with E-state index >= 15 is 0 Å². The largest absolute Gasteiger partial charge is 0.372 e. The topological polar surface area (TPSA) is 173 Å². The summed E-state index contributed by atoms with van der Waals surface area (Å²) in [4.78, 5) is 69.6. The number of amidine groups is 1. The number of rotatable bonds is 11. The van der Waals surface area contributed by atoms with E-state index in [9.17, 15) is 28.0 Å². The van der Waals surface area contributed by atoms with Crippen LogP contribution in [0.2, 0.25) is 0 Å². The van der Waals surface area contributed by atoms with Gasteiger partial charge in [-0.1, -0.05) is 18.6 Å². The molecule has 4 aromatic rings. The lowest BCUT2D eigenvalue weighted by molar-refractivity contribution is -0.135. The first-order chi connectivity index (χ1) is 30.4. The van der Waals surface area contributed by atoms with E-state index in [1.54, 1.807) is 22.4 Å². The van der Waals surface area contributed by atoms with E-state index in [2.05, 4.69) is 41.6 Å². The van der Waals surface area contributed by atoms with E-state index in [-0.39, 0.29) is 47.5 Å². The third kappa shape index (κ3) is 8.93. The summed E-state index contributed by atoms with van der Waals surface area (Å²) >= 11 is 0. The average Bonchev–Trinajstić information content (AvgIpc) is 3.96. The van der Waals surface area contributed by atoms with Crippen LogP contribution in [0.3, 0.4) is 0 Å². The lowest BCUT2D eigenvalue weighted by Gasteiger charge is -2.37. The summed E-state index contributed by atoms with van der Waals surface area (Å²) in [6.45, 7) is 8.44. The van der Waals surface area contributed by atoms with Gasteiger partial charge in [0, 0.05) is 45.2 Å². The number of alkyl halides is 2. The molecule has 4 fully saturated rings. The second-order valence-electron chi connectivity index (χ2n) is 18.3. The first-order valence-electron chi connectivity index (χ1n) is 22.6. The molecule has 1 aliphatic carbocycles. The molecule has 336 valence electrons. The Morgan fingerprint density at radius 3 is 2.46 bits per heavy atom. The zero-order valence-corrected chi connectivity index (χ0v) is 36.2. The first-order valence-corrected chi connectivity index (χ1v) is 22.6. The van der Waals surface area contributed by atoms with Crippen LogP contribution in [0.25, 0.3) is 16.7 Å². The molecular weight excluding hydrogens is 813 g/mol. The number of para-hydroxylation sites is 1. The smallest absolute Gasteiger partial charge is 0.329 e. The lowest BCUT2D eigenvalue weighted by Crippen LogP contribution is -2.45. The van der Waals surface area contributed by atoms with Gasteiger partial charge in [0.25, 0.3) is 12.3 Å². The normalized spacial score (nSPS) is 26.4. The Labute approximate surface area is 364 Å². The number of nitrogens with zero attached hydrogens (tertiary/aromatic N) is 9. The number of likely N-dealkylation sites (tertiary alicyclic amines) is 1. The highest BCUT2D eigenvalue weighted by molar-refractivity contribution is 6.46. The number of halogens is 2. The molecule has 0 spiro atoms. The average molecular weight is 870 g/mol. The maximum Gasteiger partial charge on any atom is 0.329 e. The number of imidazole rings is 1. The minimum Gasteiger partial charge on any atom is -0.372 e. The highest BCUT2D eigenvalue weighted by atomic mass is 19.3. The van der Waals surface area contributed by atoms with E-state index in [1.807, 2.05) is 32.0 Å². The third-order valence-electron chi connectivity index (χ3n) is 13.9. The number of benzene rings is 1. The molecule has 3 saturated heterocycles. The van der Waals surface area contributed by atoms with Gasteiger partial charge in [-0.25, -0.2) is 28.1 Å². The zero-order valence-electron chi connectivity index (χ0n) is 36.2. The number of carbonyl (C=O) groups is 3. The van der Waals surface area contributed by atoms with Gasteiger partial charge in [0.15, 0.2) is 11.5 Å². The SMILES string of the molecule is C[C@@H]1CN(c2ccn3ncc(C(=O)NC4=N[C@@H](C5CCC(CN6CCC(CCCc7cccc8c7n(C)c(=O)n8C7CCC(=O)NC7=O)CC6)CC5)N=C4C(F)F)c3n2)C[C@@H](C)O1. The van der Waals surface area contributed by atoms with Crippen molar-refractivity contribution >= 4 is 51.8 Å². The molecule has 2 N–H and O–H groups in total. The number of aromatic nitrogens is 5. The minimum absolute atomic E-state index is 0.0226. The van der Waals surface area contributed by atoms with Crippen molar-refractivity contribution in [3.05, 3.63) is 58.3 Å². The maximum absolute atomic E-state index is 14.3. The molecule has 1 aromatic carbocycles. The van der Waals surface area contributed by atoms with Crippen LogP contribution < -0.4 is 21.2 Å². The molecule has 4 aliphatic heterocycles. The van der Waals surface area contributed by atoms with Gasteiger partial charge in [-0.2, -0.15) is 5.10 Å². The molecule has 1 unspecified atom stereocenters. The van der Waals surface area contributed by atoms with Crippen LogP contribution in [-0.4, -0.2) is 115 Å². The summed E-state index contributed by atoms with van der Waals surface area (Å²) in [6.07, 6.45) is 9.03.